The van der Waals surface area contributed by atoms with Crippen LogP contribution in [0.4, 0.5) is 5.69 Å². The molecule has 2 aromatic rings. The minimum absolute atomic E-state index is 0.479. The maximum Gasteiger partial charge on any atom is 0.151 e. The molecule has 0 amide bonds. The largest absolute Gasteiger partial charge is 0.388 e. The van der Waals surface area contributed by atoms with Crippen LogP contribution in [0.2, 0.25) is 15.1 Å². The minimum atomic E-state index is 0.479. The van der Waals surface area contributed by atoms with E-state index in [-0.39, 0.29) is 0 Å². The molecule has 0 spiro atoms. The van der Waals surface area contributed by atoms with Crippen LogP contribution >= 0.6 is 34.8 Å². The van der Waals surface area contributed by atoms with Gasteiger partial charge in [-0.3, -0.25) is 4.79 Å². The van der Waals surface area contributed by atoms with E-state index < -0.39 is 0 Å². The van der Waals surface area contributed by atoms with Crippen LogP contribution < -0.4 is 5.32 Å². The van der Waals surface area contributed by atoms with Crippen LogP contribution in [0.15, 0.2) is 36.4 Å². The number of rotatable bonds is 2. The first-order valence-electron chi connectivity index (χ1n) is 6.40. The van der Waals surface area contributed by atoms with Crippen molar-refractivity contribution >= 4 is 60.4 Å². The Labute approximate surface area is 156 Å². The molecule has 24 heavy (non-hydrogen) atoms. The van der Waals surface area contributed by atoms with E-state index in [0.717, 1.165) is 27.6 Å². The predicted molar refractivity (Wildman–Crippen MR) is 102 cm³/mol. The average molecular weight is 391 g/mol. The SMILES string of the molecule is C=O.C=O.CNc1ccc(C=O)c(Cl)c1.Cc1c(Cl)cccc1Cl. The zero-order valence-corrected chi connectivity index (χ0v) is 15.6. The molecule has 130 valence electrons. The van der Waals surface area contributed by atoms with Crippen molar-refractivity contribution in [3.8, 4) is 0 Å². The van der Waals surface area contributed by atoms with Crippen LogP contribution in [-0.4, -0.2) is 26.9 Å². The quantitative estimate of drug-likeness (QED) is 0.722. The molecule has 0 bridgehead atoms. The lowest BCUT2D eigenvalue weighted by molar-refractivity contribution is -0.0987. The Morgan fingerprint density at radius 3 is 1.75 bits per heavy atom. The fourth-order valence-corrected chi connectivity index (χ4v) is 1.98. The molecule has 0 radical (unpaired) electrons. The number of benzene rings is 2. The summed E-state index contributed by atoms with van der Waals surface area (Å²) >= 11 is 17.2. The highest BCUT2D eigenvalue weighted by Gasteiger charge is 1.98. The van der Waals surface area contributed by atoms with Crippen LogP contribution in [0.5, 0.6) is 0 Å². The monoisotopic (exact) mass is 389 g/mol. The number of nitrogens with one attached hydrogen (secondary N) is 1. The van der Waals surface area contributed by atoms with Gasteiger partial charge in [-0.25, -0.2) is 0 Å². The van der Waals surface area contributed by atoms with E-state index in [0.29, 0.717) is 10.6 Å². The summed E-state index contributed by atoms with van der Waals surface area (Å²) in [5, 5.41) is 4.85. The van der Waals surface area contributed by atoms with Crippen molar-refractivity contribution in [2.45, 2.75) is 6.92 Å². The Morgan fingerprint density at radius 2 is 1.42 bits per heavy atom. The van der Waals surface area contributed by atoms with Gasteiger partial charge in [0.1, 0.15) is 13.6 Å². The number of hydrogen-bond acceptors (Lipinski definition) is 4. The highest BCUT2D eigenvalue weighted by molar-refractivity contribution is 6.35. The third kappa shape index (κ3) is 8.67. The van der Waals surface area contributed by atoms with Gasteiger partial charge in [0.2, 0.25) is 0 Å². The van der Waals surface area contributed by atoms with Crippen molar-refractivity contribution in [1.29, 1.82) is 0 Å². The van der Waals surface area contributed by atoms with Gasteiger partial charge < -0.3 is 14.9 Å². The maximum absolute atomic E-state index is 10.3. The molecule has 7 heteroatoms. The summed E-state index contributed by atoms with van der Waals surface area (Å²) in [6.07, 6.45) is 0.738. The highest BCUT2D eigenvalue weighted by Crippen LogP contribution is 2.22. The second-order valence-corrected chi connectivity index (χ2v) is 5.17. The van der Waals surface area contributed by atoms with Crippen molar-refractivity contribution in [2.24, 2.45) is 0 Å². The molecular formula is C17H18Cl3NO3. The van der Waals surface area contributed by atoms with E-state index >= 15 is 0 Å². The van der Waals surface area contributed by atoms with E-state index in [4.69, 9.17) is 44.4 Å². The third-order valence-corrected chi connectivity index (χ3v) is 3.76. The number of hydrogen-bond donors (Lipinski definition) is 1. The van der Waals surface area contributed by atoms with E-state index in [9.17, 15) is 4.79 Å². The van der Waals surface area contributed by atoms with Gasteiger partial charge in [-0.2, -0.15) is 0 Å². The topological polar surface area (TPSA) is 63.2 Å². The molecule has 0 saturated carbocycles. The smallest absolute Gasteiger partial charge is 0.151 e. The lowest BCUT2D eigenvalue weighted by Crippen LogP contribution is -1.89. The van der Waals surface area contributed by atoms with Gasteiger partial charge in [-0.15, -0.1) is 0 Å². The van der Waals surface area contributed by atoms with Gasteiger partial charge in [0.25, 0.3) is 0 Å². The van der Waals surface area contributed by atoms with E-state index in [2.05, 4.69) is 5.32 Å². The summed E-state index contributed by atoms with van der Waals surface area (Å²) in [4.78, 5) is 26.3. The fraction of sp³-hybridized carbons (Fsp3) is 0.118. The van der Waals surface area contributed by atoms with E-state index in [1.54, 1.807) is 25.2 Å². The Morgan fingerprint density at radius 1 is 0.917 bits per heavy atom. The van der Waals surface area contributed by atoms with Crippen molar-refractivity contribution in [1.82, 2.24) is 0 Å². The molecule has 2 aromatic carbocycles. The molecule has 0 unspecified atom stereocenters. The third-order valence-electron chi connectivity index (χ3n) is 2.62. The Bertz CT molecular complexity index is 614. The first-order valence-corrected chi connectivity index (χ1v) is 7.53. The van der Waals surface area contributed by atoms with Crippen LogP contribution in [0, 0.1) is 6.92 Å². The van der Waals surface area contributed by atoms with Gasteiger partial charge in [-0.05, 0) is 42.8 Å². The first kappa shape index (κ1) is 24.4. The molecule has 0 aliphatic rings. The van der Waals surface area contributed by atoms with Crippen molar-refractivity contribution in [2.75, 3.05) is 12.4 Å². The van der Waals surface area contributed by atoms with Gasteiger partial charge in [0, 0.05) is 28.3 Å². The molecule has 0 fully saturated rings. The number of aldehydes is 1. The Balaban J connectivity index is 0. The predicted octanol–water partition coefficient (Wildman–Crippen LogP) is 5.13. The van der Waals surface area contributed by atoms with Crippen LogP contribution in [0.3, 0.4) is 0 Å². The van der Waals surface area contributed by atoms with Crippen LogP contribution in [-0.2, 0) is 9.59 Å². The second kappa shape index (κ2) is 14.7. The maximum atomic E-state index is 10.3. The van der Waals surface area contributed by atoms with Crippen LogP contribution in [0.1, 0.15) is 15.9 Å². The lowest BCUT2D eigenvalue weighted by atomic mass is 10.2. The summed E-state index contributed by atoms with van der Waals surface area (Å²) in [6, 6.07) is 10.7. The van der Waals surface area contributed by atoms with Crippen molar-refractivity contribution < 1.29 is 14.4 Å². The van der Waals surface area contributed by atoms with Crippen molar-refractivity contribution in [3.63, 3.8) is 0 Å². The second-order valence-electron chi connectivity index (χ2n) is 3.95. The minimum Gasteiger partial charge on any atom is -0.388 e. The molecule has 0 aromatic heterocycles. The Hall–Kier alpha value is -1.88. The van der Waals surface area contributed by atoms with Crippen LogP contribution in [0.25, 0.3) is 0 Å². The molecule has 0 heterocycles. The fourth-order valence-electron chi connectivity index (χ4n) is 1.36. The molecular weight excluding hydrogens is 373 g/mol. The molecule has 4 nitrogen and oxygen atoms in total. The molecule has 0 aliphatic heterocycles. The highest BCUT2D eigenvalue weighted by atomic mass is 35.5. The summed E-state index contributed by atoms with van der Waals surface area (Å²) in [6.45, 7) is 5.89. The molecule has 0 aliphatic carbocycles. The number of anilines is 1. The Kier molecular flexibility index (Phi) is 14.9. The number of carbonyl (C=O) groups is 3. The van der Waals surface area contributed by atoms with Crippen molar-refractivity contribution in [3.05, 3.63) is 62.6 Å². The zero-order chi connectivity index (χ0) is 19.1. The normalized spacial score (nSPS) is 8.21. The summed E-state index contributed by atoms with van der Waals surface area (Å²) in [5.74, 6) is 0. The van der Waals surface area contributed by atoms with Gasteiger partial charge in [0.15, 0.2) is 6.29 Å². The molecule has 0 saturated heterocycles. The number of carbonyl (C=O) groups excluding carboxylic acids is 3. The van der Waals surface area contributed by atoms with E-state index in [1.165, 1.54) is 0 Å². The first-order chi connectivity index (χ1) is 11.5. The lowest BCUT2D eigenvalue weighted by Gasteiger charge is -2.00. The molecule has 1 N–H and O–H groups in total. The summed E-state index contributed by atoms with van der Waals surface area (Å²) in [7, 11) is 1.80. The summed E-state index contributed by atoms with van der Waals surface area (Å²) < 4.78 is 0. The van der Waals surface area contributed by atoms with Gasteiger partial charge in [0.05, 0.1) is 5.02 Å². The van der Waals surface area contributed by atoms with Gasteiger partial charge >= 0.3 is 0 Å². The standard InChI is InChI=1S/C8H8ClNO.C7H6Cl2.2CH2O/c1-10-7-3-2-6(5-11)8(9)4-7;1-5-6(8)3-2-4-7(5)9;2*1-2/h2-5,10H,1H3;2-4H,1H3;2*1H2. The van der Waals surface area contributed by atoms with E-state index in [1.807, 2.05) is 38.7 Å². The molecule has 0 atom stereocenters. The van der Waals surface area contributed by atoms with Gasteiger partial charge in [-0.1, -0.05) is 40.9 Å². The average Bonchev–Trinajstić information content (AvgIpc) is 2.63. The molecule has 2 rings (SSSR count). The summed E-state index contributed by atoms with van der Waals surface area (Å²) in [5.41, 5.74) is 2.37. The number of halogens is 3. The zero-order valence-electron chi connectivity index (χ0n) is 13.3.